The summed E-state index contributed by atoms with van der Waals surface area (Å²) in [6, 6.07) is 7.47. The van der Waals surface area contributed by atoms with Crippen molar-refractivity contribution in [3.63, 3.8) is 0 Å². The molecule has 0 aliphatic rings. The normalized spacial score (nSPS) is 13.6. The number of carboxylic acids is 1. The van der Waals surface area contributed by atoms with Gasteiger partial charge in [0.2, 0.25) is 0 Å². The lowest BCUT2D eigenvalue weighted by molar-refractivity contribution is -0.143. The molecule has 0 saturated heterocycles. The van der Waals surface area contributed by atoms with E-state index in [0.717, 1.165) is 6.42 Å². The molecule has 1 rings (SSSR count). The van der Waals surface area contributed by atoms with Crippen LogP contribution in [0.5, 0.6) is 0 Å². The number of hydrogen-bond acceptors (Lipinski definition) is 3. The lowest BCUT2D eigenvalue weighted by Crippen LogP contribution is -2.43. The van der Waals surface area contributed by atoms with Gasteiger partial charge in [0, 0.05) is 0 Å². The predicted molar refractivity (Wildman–Crippen MR) is 70.5 cm³/mol. The monoisotopic (exact) mass is 265 g/mol. The van der Waals surface area contributed by atoms with E-state index in [2.05, 4.69) is 5.32 Å². The van der Waals surface area contributed by atoms with Crippen LogP contribution in [0.4, 0.5) is 0 Å². The summed E-state index contributed by atoms with van der Waals surface area (Å²) in [6.07, 6.45) is 0.572. The predicted octanol–water partition coefficient (Wildman–Crippen LogP) is 1.48. The summed E-state index contributed by atoms with van der Waals surface area (Å²) in [5, 5.41) is 21.2. The lowest BCUT2D eigenvalue weighted by Gasteiger charge is -2.17. The van der Waals surface area contributed by atoms with Crippen LogP contribution in [0.25, 0.3) is 0 Å². The van der Waals surface area contributed by atoms with Gasteiger partial charge in [0.25, 0.3) is 5.91 Å². The van der Waals surface area contributed by atoms with Gasteiger partial charge in [-0.2, -0.15) is 0 Å². The van der Waals surface area contributed by atoms with Crippen molar-refractivity contribution in [1.29, 1.82) is 0 Å². The second-order valence-electron chi connectivity index (χ2n) is 4.35. The van der Waals surface area contributed by atoms with E-state index in [1.165, 1.54) is 0 Å². The molecule has 104 valence electrons. The van der Waals surface area contributed by atoms with Crippen LogP contribution < -0.4 is 5.32 Å². The Morgan fingerprint density at radius 3 is 2.42 bits per heavy atom. The molecule has 0 fully saturated rings. The Morgan fingerprint density at radius 2 is 1.89 bits per heavy atom. The number of benzene rings is 1. The van der Waals surface area contributed by atoms with Crippen LogP contribution in [-0.4, -0.2) is 28.1 Å². The second-order valence-corrected chi connectivity index (χ2v) is 4.35. The summed E-state index contributed by atoms with van der Waals surface area (Å²) < 4.78 is 0. The van der Waals surface area contributed by atoms with Gasteiger partial charge in [-0.1, -0.05) is 50.1 Å². The van der Waals surface area contributed by atoms with Crippen molar-refractivity contribution in [2.75, 3.05) is 0 Å². The molecule has 1 amide bonds. The molecule has 0 aliphatic carbocycles. The molecule has 0 aliphatic heterocycles. The molecule has 5 heteroatoms. The fourth-order valence-corrected chi connectivity index (χ4v) is 1.70. The fourth-order valence-electron chi connectivity index (χ4n) is 1.70. The number of aliphatic hydroxyl groups is 1. The highest BCUT2D eigenvalue weighted by molar-refractivity contribution is 5.86. The van der Waals surface area contributed by atoms with Crippen LogP contribution in [-0.2, 0) is 9.59 Å². The highest BCUT2D eigenvalue weighted by Gasteiger charge is 2.24. The molecule has 1 aromatic carbocycles. The molecule has 2 unspecified atom stereocenters. The zero-order valence-corrected chi connectivity index (χ0v) is 10.9. The van der Waals surface area contributed by atoms with Gasteiger partial charge >= 0.3 is 5.97 Å². The summed E-state index contributed by atoms with van der Waals surface area (Å²) in [5.74, 6) is -1.77. The Hall–Kier alpha value is -1.88. The third kappa shape index (κ3) is 4.71. The molecule has 0 saturated carbocycles. The first kappa shape index (κ1) is 15.2. The molecule has 3 N–H and O–H groups in total. The minimum Gasteiger partial charge on any atom is -0.480 e. The van der Waals surface area contributed by atoms with E-state index in [0.29, 0.717) is 18.4 Å². The smallest absolute Gasteiger partial charge is 0.326 e. The fraction of sp³-hybridized carbons (Fsp3) is 0.429. The van der Waals surface area contributed by atoms with Crippen molar-refractivity contribution in [3.05, 3.63) is 35.9 Å². The average Bonchev–Trinajstić information content (AvgIpc) is 2.43. The first-order valence-corrected chi connectivity index (χ1v) is 6.32. The molecule has 2 atom stereocenters. The van der Waals surface area contributed by atoms with E-state index < -0.39 is 24.0 Å². The number of hydrogen-bond donors (Lipinski definition) is 3. The van der Waals surface area contributed by atoms with Crippen molar-refractivity contribution in [2.24, 2.45) is 0 Å². The van der Waals surface area contributed by atoms with E-state index in [4.69, 9.17) is 5.11 Å². The van der Waals surface area contributed by atoms with Gasteiger partial charge < -0.3 is 15.5 Å². The third-order valence-electron chi connectivity index (χ3n) is 2.82. The van der Waals surface area contributed by atoms with Crippen LogP contribution in [0.3, 0.4) is 0 Å². The Morgan fingerprint density at radius 1 is 1.26 bits per heavy atom. The van der Waals surface area contributed by atoms with E-state index in [1.807, 2.05) is 6.92 Å². The lowest BCUT2D eigenvalue weighted by atomic mass is 10.1. The Balaban J connectivity index is 2.64. The number of nitrogens with one attached hydrogen (secondary N) is 1. The molecule has 0 spiro atoms. The average molecular weight is 265 g/mol. The molecular formula is C14H19NO4. The maximum Gasteiger partial charge on any atom is 0.326 e. The number of unbranched alkanes of at least 4 members (excludes halogenated alkanes) is 1. The van der Waals surface area contributed by atoms with Crippen LogP contribution in [0.1, 0.15) is 37.9 Å². The highest BCUT2D eigenvalue weighted by Crippen LogP contribution is 2.13. The molecular weight excluding hydrogens is 246 g/mol. The summed E-state index contributed by atoms with van der Waals surface area (Å²) >= 11 is 0. The Labute approximate surface area is 112 Å². The van der Waals surface area contributed by atoms with Crippen LogP contribution in [0.15, 0.2) is 30.3 Å². The molecule has 0 heterocycles. The van der Waals surface area contributed by atoms with Gasteiger partial charge in [-0.05, 0) is 12.0 Å². The van der Waals surface area contributed by atoms with Gasteiger partial charge in [0.05, 0.1) is 0 Å². The van der Waals surface area contributed by atoms with E-state index >= 15 is 0 Å². The summed E-state index contributed by atoms with van der Waals surface area (Å²) in [6.45, 7) is 1.94. The number of rotatable bonds is 7. The molecule has 0 radical (unpaired) electrons. The van der Waals surface area contributed by atoms with E-state index in [9.17, 15) is 14.7 Å². The minimum absolute atomic E-state index is 0.360. The van der Waals surface area contributed by atoms with Gasteiger partial charge in [0.1, 0.15) is 6.04 Å². The second kappa shape index (κ2) is 7.53. The number of carboxylic acid groups (broad SMARTS) is 1. The van der Waals surface area contributed by atoms with Gasteiger partial charge in [-0.25, -0.2) is 4.79 Å². The van der Waals surface area contributed by atoms with Crippen molar-refractivity contribution in [1.82, 2.24) is 5.32 Å². The molecule has 19 heavy (non-hydrogen) atoms. The zero-order valence-electron chi connectivity index (χ0n) is 10.9. The van der Waals surface area contributed by atoms with Crippen LogP contribution in [0, 0.1) is 0 Å². The van der Waals surface area contributed by atoms with Crippen molar-refractivity contribution in [2.45, 2.75) is 38.3 Å². The van der Waals surface area contributed by atoms with Crippen LogP contribution >= 0.6 is 0 Å². The minimum atomic E-state index is -1.34. The van der Waals surface area contributed by atoms with Crippen molar-refractivity contribution >= 4 is 11.9 Å². The molecule has 0 bridgehead atoms. The number of amides is 1. The quantitative estimate of drug-likeness (QED) is 0.697. The number of aliphatic carboxylic acids is 1. The third-order valence-corrected chi connectivity index (χ3v) is 2.82. The SMILES string of the molecule is CCCCC(NC(=O)C(O)c1ccccc1)C(=O)O. The molecule has 5 nitrogen and oxygen atoms in total. The number of aliphatic hydroxyl groups excluding tert-OH is 1. The number of carbonyl (C=O) groups excluding carboxylic acids is 1. The van der Waals surface area contributed by atoms with Crippen molar-refractivity contribution in [3.8, 4) is 0 Å². The maximum atomic E-state index is 11.8. The highest BCUT2D eigenvalue weighted by atomic mass is 16.4. The van der Waals surface area contributed by atoms with Gasteiger partial charge in [-0.3, -0.25) is 4.79 Å². The topological polar surface area (TPSA) is 86.6 Å². The Kier molecular flexibility index (Phi) is 6.02. The van der Waals surface area contributed by atoms with Crippen LogP contribution in [0.2, 0.25) is 0 Å². The summed E-state index contributed by atoms with van der Waals surface area (Å²) in [4.78, 5) is 22.8. The summed E-state index contributed by atoms with van der Waals surface area (Å²) in [7, 11) is 0. The van der Waals surface area contributed by atoms with E-state index in [1.54, 1.807) is 30.3 Å². The number of carbonyl (C=O) groups is 2. The van der Waals surface area contributed by atoms with E-state index in [-0.39, 0.29) is 0 Å². The first-order valence-electron chi connectivity index (χ1n) is 6.32. The first-order chi connectivity index (χ1) is 9.06. The summed E-state index contributed by atoms with van der Waals surface area (Å²) in [5.41, 5.74) is 0.444. The molecule has 0 aromatic heterocycles. The Bertz CT molecular complexity index is 419. The van der Waals surface area contributed by atoms with Gasteiger partial charge in [-0.15, -0.1) is 0 Å². The standard InChI is InChI=1S/C14H19NO4/c1-2-3-9-11(14(18)19)15-13(17)12(16)10-7-5-4-6-8-10/h4-8,11-12,16H,2-3,9H2,1H3,(H,15,17)(H,18,19). The van der Waals surface area contributed by atoms with Crippen molar-refractivity contribution < 1.29 is 19.8 Å². The maximum absolute atomic E-state index is 11.8. The zero-order chi connectivity index (χ0) is 14.3. The van der Waals surface area contributed by atoms with Gasteiger partial charge in [0.15, 0.2) is 6.10 Å². The molecule has 1 aromatic rings. The largest absolute Gasteiger partial charge is 0.480 e.